The van der Waals surface area contributed by atoms with E-state index in [9.17, 15) is 14.7 Å². The van der Waals surface area contributed by atoms with Crippen molar-refractivity contribution in [2.24, 2.45) is 5.92 Å². The summed E-state index contributed by atoms with van der Waals surface area (Å²) in [6.07, 6.45) is 3.79. The maximum absolute atomic E-state index is 13.6. The van der Waals surface area contributed by atoms with Crippen molar-refractivity contribution >= 4 is 11.8 Å². The second-order valence-corrected chi connectivity index (χ2v) is 7.97. The van der Waals surface area contributed by atoms with Crippen LogP contribution in [0.3, 0.4) is 0 Å². The predicted molar refractivity (Wildman–Crippen MR) is 103 cm³/mol. The van der Waals surface area contributed by atoms with Gasteiger partial charge in [-0.05, 0) is 46.6 Å². The number of likely N-dealkylation sites (tertiary alicyclic amines) is 1. The Morgan fingerprint density at radius 1 is 1.15 bits per heavy atom. The maximum atomic E-state index is 13.6. The van der Waals surface area contributed by atoms with Gasteiger partial charge in [0.25, 0.3) is 0 Å². The van der Waals surface area contributed by atoms with Crippen LogP contribution >= 0.6 is 0 Å². The summed E-state index contributed by atoms with van der Waals surface area (Å²) in [5.41, 5.74) is 0. The van der Waals surface area contributed by atoms with Crippen molar-refractivity contribution in [1.29, 1.82) is 0 Å². The molecule has 0 spiro atoms. The number of nitrogens with zero attached hydrogens (tertiary/aromatic N) is 4. The van der Waals surface area contributed by atoms with E-state index in [1.807, 2.05) is 34.6 Å². The van der Waals surface area contributed by atoms with Crippen LogP contribution in [0.4, 0.5) is 0 Å². The predicted octanol–water partition coefficient (Wildman–Crippen LogP) is 2.17. The molecular formula is C20H32N4O3. The third kappa shape index (κ3) is 4.46. The zero-order valence-corrected chi connectivity index (χ0v) is 17.2. The molecule has 0 saturated carbocycles. The summed E-state index contributed by atoms with van der Waals surface area (Å²) in [6, 6.07) is 0.382. The fraction of sp³-hybridized carbons (Fsp3) is 0.700. The number of rotatable bonds is 6. The molecule has 0 bridgehead atoms. The van der Waals surface area contributed by atoms with Crippen LogP contribution in [0.25, 0.3) is 0 Å². The molecule has 4 unspecified atom stereocenters. The van der Waals surface area contributed by atoms with E-state index >= 15 is 0 Å². The van der Waals surface area contributed by atoms with Crippen LogP contribution in [-0.2, 0) is 9.59 Å². The molecule has 1 aliphatic rings. The van der Waals surface area contributed by atoms with Crippen molar-refractivity contribution < 1.29 is 14.7 Å². The molecule has 7 heteroatoms. The molecule has 2 amide bonds. The van der Waals surface area contributed by atoms with Crippen LogP contribution < -0.4 is 0 Å². The van der Waals surface area contributed by atoms with Crippen LogP contribution in [0.5, 0.6) is 0 Å². The van der Waals surface area contributed by atoms with Gasteiger partial charge in [0.2, 0.25) is 11.8 Å². The molecular weight excluding hydrogens is 344 g/mol. The van der Waals surface area contributed by atoms with E-state index in [0.717, 1.165) is 6.42 Å². The molecule has 2 heterocycles. The van der Waals surface area contributed by atoms with Gasteiger partial charge in [-0.25, -0.2) is 9.97 Å². The fourth-order valence-electron chi connectivity index (χ4n) is 3.82. The molecule has 1 fully saturated rings. The van der Waals surface area contributed by atoms with E-state index in [1.54, 1.807) is 35.2 Å². The molecule has 1 N–H and O–H groups in total. The molecule has 1 saturated heterocycles. The van der Waals surface area contributed by atoms with Gasteiger partial charge in [0.05, 0.1) is 6.10 Å². The van der Waals surface area contributed by atoms with Crippen molar-refractivity contribution in [3.8, 4) is 0 Å². The Hall–Kier alpha value is -2.02. The summed E-state index contributed by atoms with van der Waals surface area (Å²) in [5, 5.41) is 10.4. The molecule has 1 aromatic heterocycles. The van der Waals surface area contributed by atoms with Crippen LogP contribution in [0.2, 0.25) is 0 Å². The van der Waals surface area contributed by atoms with Gasteiger partial charge < -0.3 is 14.9 Å². The van der Waals surface area contributed by atoms with Gasteiger partial charge in [0, 0.05) is 30.4 Å². The maximum Gasteiger partial charge on any atom is 0.246 e. The first-order valence-electron chi connectivity index (χ1n) is 9.76. The molecule has 4 atom stereocenters. The standard InChI is InChI=1S/C20H32N4O3/c1-12(2)19(26)24-14(5)8-9-16(24)20(27)23(13(3)4)17(15(6)25)18-21-10-7-11-22-18/h7,10-17,25H,8-9H2,1-6H3. The lowest BCUT2D eigenvalue weighted by atomic mass is 10.0. The third-order valence-corrected chi connectivity index (χ3v) is 5.12. The average Bonchev–Trinajstić information content (AvgIpc) is 2.99. The summed E-state index contributed by atoms with van der Waals surface area (Å²) < 4.78 is 0. The van der Waals surface area contributed by atoms with E-state index in [4.69, 9.17) is 0 Å². The normalized spacial score (nSPS) is 22.2. The number of carbonyl (C=O) groups excluding carboxylic acids is 2. The Morgan fingerprint density at radius 3 is 2.22 bits per heavy atom. The van der Waals surface area contributed by atoms with Crippen LogP contribution in [0.1, 0.15) is 66.3 Å². The van der Waals surface area contributed by atoms with Crippen LogP contribution in [-0.4, -0.2) is 60.9 Å². The molecule has 0 aromatic carbocycles. The minimum Gasteiger partial charge on any atom is -0.391 e. The summed E-state index contributed by atoms with van der Waals surface area (Å²) in [4.78, 5) is 38.2. The Morgan fingerprint density at radius 2 is 1.74 bits per heavy atom. The van der Waals surface area contributed by atoms with Gasteiger partial charge >= 0.3 is 0 Å². The van der Waals surface area contributed by atoms with E-state index in [1.165, 1.54) is 0 Å². The largest absolute Gasteiger partial charge is 0.391 e. The summed E-state index contributed by atoms with van der Waals surface area (Å²) in [5.74, 6) is 0.0778. The molecule has 1 aromatic rings. The van der Waals surface area contributed by atoms with Crippen molar-refractivity contribution in [3.05, 3.63) is 24.3 Å². The topological polar surface area (TPSA) is 86.6 Å². The lowest BCUT2D eigenvalue weighted by Gasteiger charge is -2.39. The zero-order chi connectivity index (χ0) is 20.3. The van der Waals surface area contributed by atoms with Crippen molar-refractivity contribution in [3.63, 3.8) is 0 Å². The number of hydrogen-bond donors (Lipinski definition) is 1. The van der Waals surface area contributed by atoms with Gasteiger partial charge in [-0.1, -0.05) is 13.8 Å². The lowest BCUT2D eigenvalue weighted by Crippen LogP contribution is -2.54. The van der Waals surface area contributed by atoms with E-state index in [0.29, 0.717) is 12.2 Å². The van der Waals surface area contributed by atoms with E-state index in [-0.39, 0.29) is 29.8 Å². The fourth-order valence-corrected chi connectivity index (χ4v) is 3.82. The molecule has 1 aliphatic heterocycles. The van der Waals surface area contributed by atoms with E-state index < -0.39 is 18.2 Å². The van der Waals surface area contributed by atoms with Gasteiger partial charge in [-0.2, -0.15) is 0 Å². The first-order chi connectivity index (χ1) is 12.7. The Labute approximate surface area is 161 Å². The van der Waals surface area contributed by atoms with Gasteiger partial charge in [0.15, 0.2) is 5.82 Å². The molecule has 7 nitrogen and oxygen atoms in total. The van der Waals surface area contributed by atoms with E-state index in [2.05, 4.69) is 9.97 Å². The number of aliphatic hydroxyl groups excluding tert-OH is 1. The first-order valence-corrected chi connectivity index (χ1v) is 9.76. The van der Waals surface area contributed by atoms with Gasteiger partial charge in [-0.15, -0.1) is 0 Å². The smallest absolute Gasteiger partial charge is 0.246 e. The van der Waals surface area contributed by atoms with Crippen molar-refractivity contribution in [2.45, 2.75) is 84.7 Å². The lowest BCUT2D eigenvalue weighted by molar-refractivity contribution is -0.151. The summed E-state index contributed by atoms with van der Waals surface area (Å²) in [6.45, 7) is 11.1. The SMILES string of the molecule is CC(C)C(=O)N1C(C)CCC1C(=O)N(C(C)C)C(c1ncccn1)C(C)O. The number of carbonyl (C=O) groups is 2. The first kappa shape index (κ1) is 21.3. The molecule has 150 valence electrons. The van der Waals surface area contributed by atoms with Gasteiger partial charge in [0.1, 0.15) is 12.1 Å². The molecule has 27 heavy (non-hydrogen) atoms. The zero-order valence-electron chi connectivity index (χ0n) is 17.2. The van der Waals surface area contributed by atoms with Crippen LogP contribution in [0.15, 0.2) is 18.5 Å². The number of aliphatic hydroxyl groups is 1. The highest BCUT2D eigenvalue weighted by Crippen LogP contribution is 2.31. The number of hydrogen-bond acceptors (Lipinski definition) is 5. The third-order valence-electron chi connectivity index (χ3n) is 5.12. The monoisotopic (exact) mass is 376 g/mol. The quantitative estimate of drug-likeness (QED) is 0.822. The number of aromatic nitrogens is 2. The Balaban J connectivity index is 2.40. The van der Waals surface area contributed by atoms with Crippen molar-refractivity contribution in [1.82, 2.24) is 19.8 Å². The van der Waals surface area contributed by atoms with Crippen molar-refractivity contribution in [2.75, 3.05) is 0 Å². The Bertz CT molecular complexity index is 648. The van der Waals surface area contributed by atoms with Crippen LogP contribution in [0, 0.1) is 5.92 Å². The highest BCUT2D eigenvalue weighted by Gasteiger charge is 2.44. The molecule has 2 rings (SSSR count). The second kappa shape index (κ2) is 8.78. The highest BCUT2D eigenvalue weighted by molar-refractivity contribution is 5.89. The Kier molecular flexibility index (Phi) is 6.92. The average molecular weight is 377 g/mol. The summed E-state index contributed by atoms with van der Waals surface area (Å²) in [7, 11) is 0. The minimum absolute atomic E-state index is 0.00776. The summed E-state index contributed by atoms with van der Waals surface area (Å²) >= 11 is 0. The second-order valence-electron chi connectivity index (χ2n) is 7.97. The minimum atomic E-state index is -0.841. The van der Waals surface area contributed by atoms with Gasteiger partial charge in [-0.3, -0.25) is 9.59 Å². The highest BCUT2D eigenvalue weighted by atomic mass is 16.3. The number of amides is 2. The molecule has 0 aliphatic carbocycles. The molecule has 0 radical (unpaired) electrons.